The third-order valence-corrected chi connectivity index (χ3v) is 7.91. The van der Waals surface area contributed by atoms with E-state index in [1.54, 1.807) is 4.90 Å². The lowest BCUT2D eigenvalue weighted by Gasteiger charge is -2.32. The maximum Gasteiger partial charge on any atom is 0.336 e. The molecule has 0 bridgehead atoms. The number of nitro benzene ring substituents is 4. The number of carbonyl (C=O) groups is 2. The standard InChI is InChI=1S/C18H19ClN4.2C7H4N2O6/c1-22-8-10-23(11-9-22)18-14-4-2-3-5-15(14)20-16-7-6-13(19)12-17(16)21-18;2*10-7(11)4-1-5(8(12)13)3-6(2-4)9(14)15/h2-7,12,20H,8-11H2,1H3;2*1-3H,(H,10,11). The minimum absolute atomic E-state index is 0.490. The van der Waals surface area contributed by atoms with Gasteiger partial charge in [0.2, 0.25) is 0 Å². The Kier molecular flexibility index (Phi) is 12.3. The zero-order chi connectivity index (χ0) is 39.0. The molecule has 2 aliphatic heterocycles. The van der Waals surface area contributed by atoms with E-state index in [4.69, 9.17) is 21.7 Å². The van der Waals surface area contributed by atoms with Crippen molar-refractivity contribution in [2.45, 2.75) is 0 Å². The number of nitrogens with one attached hydrogen (secondary N) is 2. The van der Waals surface area contributed by atoms with Gasteiger partial charge in [-0.3, -0.25) is 40.5 Å². The van der Waals surface area contributed by atoms with Gasteiger partial charge in [-0.05, 0) is 30.3 Å². The van der Waals surface area contributed by atoms with Gasteiger partial charge in [0.25, 0.3) is 22.7 Å². The average molecular weight is 751 g/mol. The Bertz CT molecular complexity index is 1910. The molecule has 0 spiro atoms. The van der Waals surface area contributed by atoms with Crippen molar-refractivity contribution < 1.29 is 44.4 Å². The van der Waals surface area contributed by atoms with Crippen molar-refractivity contribution in [3.8, 4) is 0 Å². The molecule has 4 aromatic carbocycles. The molecule has 0 amide bonds. The van der Waals surface area contributed by atoms with Gasteiger partial charge in [0.15, 0.2) is 0 Å². The highest BCUT2D eigenvalue weighted by Gasteiger charge is 2.25. The number of likely N-dealkylation sites (N-methyl/N-ethyl adjacent to an activating group) is 1. The Morgan fingerprint density at radius 1 is 0.755 bits per heavy atom. The first-order chi connectivity index (χ1) is 25.0. The summed E-state index contributed by atoms with van der Waals surface area (Å²) in [5.41, 5.74) is 0.478. The van der Waals surface area contributed by atoms with E-state index < -0.39 is 65.5 Å². The number of non-ortho nitro benzene ring substituents is 4. The van der Waals surface area contributed by atoms with Crippen LogP contribution in [0.5, 0.6) is 0 Å². The monoisotopic (exact) mass is 750 g/mol. The van der Waals surface area contributed by atoms with Crippen molar-refractivity contribution in [2.24, 2.45) is 4.99 Å². The number of aromatic carboxylic acids is 2. The van der Waals surface area contributed by atoms with E-state index in [9.17, 15) is 55.2 Å². The molecule has 2 aliphatic rings. The number of carbonyl (C=O) groups excluding carboxylic acids is 1. The van der Waals surface area contributed by atoms with Crippen LogP contribution in [0.1, 0.15) is 26.3 Å². The number of carboxylic acid groups (broad SMARTS) is 2. The number of benzene rings is 4. The van der Waals surface area contributed by atoms with E-state index in [1.165, 1.54) is 0 Å². The zero-order valence-electron chi connectivity index (χ0n) is 27.3. The topological polar surface area (TPSA) is 282 Å². The Labute approximate surface area is 302 Å². The van der Waals surface area contributed by atoms with Gasteiger partial charge >= 0.3 is 5.97 Å². The summed E-state index contributed by atoms with van der Waals surface area (Å²) in [5, 5.41) is 64.5. The van der Waals surface area contributed by atoms with E-state index in [2.05, 4.69) is 41.5 Å². The molecule has 3 N–H and O–H groups in total. The number of rotatable bonds is 6. The maximum atomic E-state index is 10.5. The highest BCUT2D eigenvalue weighted by molar-refractivity contribution is 6.31. The first-order valence-corrected chi connectivity index (χ1v) is 15.5. The average Bonchev–Trinajstić information content (AvgIpc) is 3.28. The summed E-state index contributed by atoms with van der Waals surface area (Å²) in [6.45, 7) is 4.32. The van der Waals surface area contributed by atoms with Crippen molar-refractivity contribution in [1.29, 1.82) is 0 Å². The van der Waals surface area contributed by atoms with Gasteiger partial charge in [-0.1, -0.05) is 23.7 Å². The van der Waals surface area contributed by atoms with Gasteiger partial charge in [0.1, 0.15) is 5.84 Å². The Balaban J connectivity index is 0.000000185. The summed E-state index contributed by atoms with van der Waals surface area (Å²) in [7, 11) is 2.25. The number of piperazine rings is 1. The van der Waals surface area contributed by atoms with Gasteiger partial charge in [0.05, 0.1) is 88.0 Å². The third kappa shape index (κ3) is 10.0. The van der Waals surface area contributed by atoms with Crippen LogP contribution in [0.3, 0.4) is 0 Å². The quantitative estimate of drug-likeness (QED) is 0.188. The molecule has 0 unspecified atom stereocenters. The highest BCUT2D eigenvalue weighted by Crippen LogP contribution is 2.36. The molecule has 274 valence electrons. The summed E-state index contributed by atoms with van der Waals surface area (Å²) in [6, 6.07) is 18.5. The summed E-state index contributed by atoms with van der Waals surface area (Å²) < 4.78 is 0. The number of quaternary nitrogens is 1. The normalized spacial score (nSPS) is 13.1. The van der Waals surface area contributed by atoms with Gasteiger partial charge in [-0.15, -0.1) is 0 Å². The molecule has 21 heteroatoms. The first-order valence-electron chi connectivity index (χ1n) is 15.2. The second kappa shape index (κ2) is 16.8. The minimum Gasteiger partial charge on any atom is -0.545 e. The smallest absolute Gasteiger partial charge is 0.336 e. The van der Waals surface area contributed by atoms with Crippen LogP contribution in [0, 0.1) is 40.5 Å². The number of hydrogen-bond acceptors (Lipinski definition) is 14. The lowest BCUT2D eigenvalue weighted by Crippen LogP contribution is -3.12. The van der Waals surface area contributed by atoms with Crippen LogP contribution < -0.4 is 15.3 Å². The number of carboxylic acids is 2. The molecule has 1 fully saturated rings. The highest BCUT2D eigenvalue weighted by atomic mass is 35.5. The Hall–Kier alpha value is -7.06. The van der Waals surface area contributed by atoms with Gasteiger partial charge in [0, 0.05) is 46.1 Å². The molecule has 0 atom stereocenters. The van der Waals surface area contributed by atoms with Crippen LogP contribution in [-0.4, -0.2) is 80.7 Å². The largest absolute Gasteiger partial charge is 0.545 e. The van der Waals surface area contributed by atoms with Crippen molar-refractivity contribution in [1.82, 2.24) is 4.90 Å². The van der Waals surface area contributed by atoms with E-state index >= 15 is 0 Å². The van der Waals surface area contributed by atoms with Gasteiger partial charge in [-0.25, -0.2) is 9.79 Å². The molecule has 0 saturated carbocycles. The summed E-state index contributed by atoms with van der Waals surface area (Å²) in [4.78, 5) is 67.6. The molecule has 53 heavy (non-hydrogen) atoms. The minimum atomic E-state index is -1.71. The number of amidine groups is 1. The SMILES string of the molecule is C[NH+]1CCN(C2=Nc3cc(Cl)ccc3Nc3ccccc32)CC1.O=C(O)c1cc([N+](=O)[O-])cc([N+](=O)[O-])c1.O=C([O-])c1cc([N+](=O)[O-])cc([N+](=O)[O-])c1. The zero-order valence-corrected chi connectivity index (χ0v) is 28.1. The molecule has 2 heterocycles. The van der Waals surface area contributed by atoms with Crippen LogP contribution >= 0.6 is 11.6 Å². The van der Waals surface area contributed by atoms with Crippen LogP contribution in [-0.2, 0) is 0 Å². The maximum absolute atomic E-state index is 10.5. The summed E-state index contributed by atoms with van der Waals surface area (Å²) >= 11 is 6.18. The number of halogens is 1. The van der Waals surface area contributed by atoms with E-state index in [0.717, 1.165) is 66.8 Å². The number of anilines is 2. The number of para-hydroxylation sites is 1. The Morgan fingerprint density at radius 3 is 1.72 bits per heavy atom. The second-order valence-corrected chi connectivity index (χ2v) is 11.7. The number of hydrogen-bond donors (Lipinski definition) is 3. The fourth-order valence-corrected chi connectivity index (χ4v) is 5.17. The number of fused-ring (bicyclic) bond motifs is 2. The lowest BCUT2D eigenvalue weighted by molar-refractivity contribution is -0.883. The van der Waals surface area contributed by atoms with Crippen molar-refractivity contribution in [2.75, 3.05) is 38.5 Å². The fraction of sp³-hybridized carbons (Fsp3) is 0.156. The second-order valence-electron chi connectivity index (χ2n) is 11.3. The van der Waals surface area contributed by atoms with Crippen LogP contribution in [0.4, 0.5) is 39.8 Å². The lowest BCUT2D eigenvalue weighted by atomic mass is 10.1. The summed E-state index contributed by atoms with van der Waals surface area (Å²) in [5.74, 6) is -2.12. The van der Waals surface area contributed by atoms with Crippen molar-refractivity contribution in [3.05, 3.63) is 141 Å². The van der Waals surface area contributed by atoms with Crippen LogP contribution in [0.2, 0.25) is 5.02 Å². The number of aliphatic imine (C=N–C) groups is 1. The van der Waals surface area contributed by atoms with Crippen molar-refractivity contribution >= 4 is 69.2 Å². The van der Waals surface area contributed by atoms with Gasteiger partial charge < -0.3 is 30.1 Å². The van der Waals surface area contributed by atoms with Crippen LogP contribution in [0.15, 0.2) is 83.9 Å². The molecule has 0 radical (unpaired) electrons. The van der Waals surface area contributed by atoms with E-state index in [0.29, 0.717) is 29.3 Å². The Morgan fingerprint density at radius 2 is 1.25 bits per heavy atom. The van der Waals surface area contributed by atoms with Crippen molar-refractivity contribution in [3.63, 3.8) is 0 Å². The predicted molar refractivity (Wildman–Crippen MR) is 186 cm³/mol. The molecule has 20 nitrogen and oxygen atoms in total. The van der Waals surface area contributed by atoms with Crippen LogP contribution in [0.25, 0.3) is 0 Å². The molecular weight excluding hydrogens is 724 g/mol. The molecule has 6 rings (SSSR count). The molecular formula is C32H27ClN8O12. The molecule has 0 aromatic heterocycles. The summed E-state index contributed by atoms with van der Waals surface area (Å²) in [6.07, 6.45) is 0. The predicted octanol–water partition coefficient (Wildman–Crippen LogP) is 3.37. The molecule has 0 aliphatic carbocycles. The third-order valence-electron chi connectivity index (χ3n) is 7.67. The number of nitrogens with zero attached hydrogens (tertiary/aromatic N) is 6. The van der Waals surface area contributed by atoms with E-state index in [-0.39, 0.29) is 0 Å². The first kappa shape index (κ1) is 38.7. The van der Waals surface area contributed by atoms with Gasteiger partial charge in [-0.2, -0.15) is 0 Å². The molecule has 4 aromatic rings. The fourth-order valence-electron chi connectivity index (χ4n) is 5.00. The number of nitro groups is 4. The molecule has 1 saturated heterocycles. The van der Waals surface area contributed by atoms with E-state index in [1.807, 2.05) is 18.2 Å².